The van der Waals surface area contributed by atoms with E-state index in [2.05, 4.69) is 20.2 Å². The van der Waals surface area contributed by atoms with E-state index >= 15 is 0 Å². The number of carbonyl (C=O) groups excluding carboxylic acids is 2. The summed E-state index contributed by atoms with van der Waals surface area (Å²) in [6.07, 6.45) is 2.72. The molecule has 0 atom stereocenters. The zero-order chi connectivity index (χ0) is 20.9. The van der Waals surface area contributed by atoms with Gasteiger partial charge in [-0.1, -0.05) is 11.3 Å². The van der Waals surface area contributed by atoms with E-state index in [4.69, 9.17) is 0 Å². The monoisotopic (exact) mass is 427 g/mol. The molecule has 0 radical (unpaired) electrons. The van der Waals surface area contributed by atoms with Crippen LogP contribution in [0.1, 0.15) is 23.2 Å². The van der Waals surface area contributed by atoms with Crippen LogP contribution in [0.3, 0.4) is 0 Å². The summed E-state index contributed by atoms with van der Waals surface area (Å²) in [6.45, 7) is 3.20. The summed E-state index contributed by atoms with van der Waals surface area (Å²) in [7, 11) is 0. The molecule has 2 amide bonds. The number of anilines is 1. The quantitative estimate of drug-likeness (QED) is 0.612. The molecule has 9 heteroatoms. The Morgan fingerprint density at radius 3 is 2.60 bits per heavy atom. The molecule has 1 aliphatic heterocycles. The van der Waals surface area contributed by atoms with Gasteiger partial charge in [-0.2, -0.15) is 0 Å². The molecule has 0 unspecified atom stereocenters. The van der Waals surface area contributed by atoms with Crippen molar-refractivity contribution in [1.29, 1.82) is 0 Å². The highest BCUT2D eigenvalue weighted by molar-refractivity contribution is 7.21. The number of rotatable bonds is 6. The third-order valence-corrected chi connectivity index (χ3v) is 6.06. The minimum atomic E-state index is -0.378. The first-order valence-corrected chi connectivity index (χ1v) is 10.7. The lowest BCUT2D eigenvalue weighted by molar-refractivity contribution is -0.131. The number of halogens is 1. The molecule has 156 valence electrons. The Labute approximate surface area is 177 Å². The Balaban J connectivity index is 1.19. The van der Waals surface area contributed by atoms with Gasteiger partial charge >= 0.3 is 0 Å². The van der Waals surface area contributed by atoms with Gasteiger partial charge in [0.25, 0.3) is 5.91 Å². The van der Waals surface area contributed by atoms with E-state index in [-0.39, 0.29) is 17.6 Å². The second-order valence-electron chi connectivity index (χ2n) is 7.06. The number of nitrogens with zero attached hydrogens (tertiary/aromatic N) is 4. The van der Waals surface area contributed by atoms with Crippen molar-refractivity contribution in [3.8, 4) is 0 Å². The smallest absolute Gasteiger partial charge is 0.251 e. The first-order chi connectivity index (χ1) is 14.6. The largest absolute Gasteiger partial charge is 0.352 e. The molecule has 3 heterocycles. The van der Waals surface area contributed by atoms with Crippen molar-refractivity contribution >= 4 is 38.6 Å². The van der Waals surface area contributed by atoms with Crippen molar-refractivity contribution in [3.63, 3.8) is 0 Å². The van der Waals surface area contributed by atoms with Crippen LogP contribution in [0.15, 0.2) is 42.6 Å². The van der Waals surface area contributed by atoms with Crippen LogP contribution in [0.4, 0.5) is 9.52 Å². The average Bonchev–Trinajstić information content (AvgIpc) is 3.21. The molecular formula is C21H22FN5O2S. The zero-order valence-corrected chi connectivity index (χ0v) is 17.2. The van der Waals surface area contributed by atoms with Crippen molar-refractivity contribution in [2.24, 2.45) is 0 Å². The summed E-state index contributed by atoms with van der Waals surface area (Å²) < 4.78 is 12.9. The van der Waals surface area contributed by atoms with Gasteiger partial charge in [-0.3, -0.25) is 9.59 Å². The van der Waals surface area contributed by atoms with E-state index in [9.17, 15) is 14.0 Å². The third-order valence-electron chi connectivity index (χ3n) is 5.02. The third kappa shape index (κ3) is 4.73. The first kappa shape index (κ1) is 20.2. The molecular weight excluding hydrogens is 405 g/mol. The fourth-order valence-electron chi connectivity index (χ4n) is 3.34. The average molecular weight is 428 g/mol. The van der Waals surface area contributed by atoms with Crippen molar-refractivity contribution < 1.29 is 14.0 Å². The number of amides is 2. The summed E-state index contributed by atoms with van der Waals surface area (Å²) in [4.78, 5) is 38.4. The van der Waals surface area contributed by atoms with Gasteiger partial charge in [0.1, 0.15) is 16.2 Å². The van der Waals surface area contributed by atoms with Crippen LogP contribution >= 0.6 is 11.3 Å². The van der Waals surface area contributed by atoms with Crippen LogP contribution in [0, 0.1) is 5.82 Å². The predicted octanol–water partition coefficient (Wildman–Crippen LogP) is 2.69. The van der Waals surface area contributed by atoms with E-state index in [1.54, 1.807) is 17.5 Å². The van der Waals surface area contributed by atoms with E-state index in [1.807, 2.05) is 17.0 Å². The van der Waals surface area contributed by atoms with Crippen molar-refractivity contribution in [1.82, 2.24) is 20.2 Å². The Hall–Kier alpha value is -3.07. The number of piperazine rings is 1. The van der Waals surface area contributed by atoms with Crippen LogP contribution in [0.25, 0.3) is 10.3 Å². The van der Waals surface area contributed by atoms with Crippen LogP contribution in [0.2, 0.25) is 0 Å². The van der Waals surface area contributed by atoms with Crippen LogP contribution in [0.5, 0.6) is 0 Å². The highest BCUT2D eigenvalue weighted by Gasteiger charge is 2.23. The van der Waals surface area contributed by atoms with Gasteiger partial charge in [0.05, 0.1) is 0 Å². The SMILES string of the molecule is O=C(NCCCC(=O)N1CCN(c2nc3cccnc3s2)CC1)c1ccc(F)cc1. The molecule has 0 aliphatic carbocycles. The van der Waals surface area contributed by atoms with Gasteiger partial charge < -0.3 is 15.1 Å². The Kier molecular flexibility index (Phi) is 6.18. The highest BCUT2D eigenvalue weighted by atomic mass is 32.1. The lowest BCUT2D eigenvalue weighted by Gasteiger charge is -2.34. The van der Waals surface area contributed by atoms with Crippen LogP contribution < -0.4 is 10.2 Å². The van der Waals surface area contributed by atoms with Gasteiger partial charge in [-0.05, 0) is 42.8 Å². The molecule has 0 bridgehead atoms. The molecule has 30 heavy (non-hydrogen) atoms. The van der Waals surface area contributed by atoms with E-state index in [0.717, 1.165) is 28.6 Å². The van der Waals surface area contributed by atoms with Crippen molar-refractivity contribution in [3.05, 3.63) is 54.0 Å². The molecule has 1 fully saturated rings. The van der Waals surface area contributed by atoms with Gasteiger partial charge in [0.2, 0.25) is 5.91 Å². The first-order valence-electron chi connectivity index (χ1n) is 9.88. The predicted molar refractivity (Wildman–Crippen MR) is 114 cm³/mol. The minimum absolute atomic E-state index is 0.0941. The maximum Gasteiger partial charge on any atom is 0.251 e. The molecule has 4 rings (SSSR count). The second-order valence-corrected chi connectivity index (χ2v) is 8.01. The number of hydrogen-bond acceptors (Lipinski definition) is 6. The topological polar surface area (TPSA) is 78.4 Å². The van der Waals surface area contributed by atoms with Gasteiger partial charge in [0, 0.05) is 50.9 Å². The number of thiazole rings is 1. The summed E-state index contributed by atoms with van der Waals surface area (Å²) >= 11 is 1.57. The molecule has 1 N–H and O–H groups in total. The number of nitrogens with one attached hydrogen (secondary N) is 1. The molecule has 2 aromatic heterocycles. The molecule has 0 spiro atoms. The van der Waals surface area contributed by atoms with E-state index < -0.39 is 0 Å². The van der Waals surface area contributed by atoms with Crippen LogP contribution in [-0.2, 0) is 4.79 Å². The Bertz CT molecular complexity index is 998. The summed E-state index contributed by atoms with van der Waals surface area (Å²) in [5.74, 6) is -0.546. The number of aromatic nitrogens is 2. The Morgan fingerprint density at radius 2 is 1.87 bits per heavy atom. The fourth-order valence-corrected chi connectivity index (χ4v) is 4.30. The summed E-state index contributed by atoms with van der Waals surface area (Å²) in [5.41, 5.74) is 1.31. The maximum absolute atomic E-state index is 12.9. The van der Waals surface area contributed by atoms with E-state index in [0.29, 0.717) is 38.0 Å². The standard InChI is InChI=1S/C21H22FN5O2S/c22-16-7-5-15(6-8-16)19(29)23-9-2-4-18(28)26-11-13-27(14-12-26)21-25-17-3-1-10-24-20(17)30-21/h1,3,5-8,10H,2,4,9,11-14H2,(H,23,29). The molecule has 1 saturated heterocycles. The summed E-state index contributed by atoms with van der Waals surface area (Å²) in [6, 6.07) is 9.22. The normalized spacial score (nSPS) is 14.2. The number of carbonyl (C=O) groups is 2. The molecule has 7 nitrogen and oxygen atoms in total. The molecule has 1 aliphatic rings. The van der Waals surface area contributed by atoms with Gasteiger partial charge in [-0.15, -0.1) is 0 Å². The fraction of sp³-hybridized carbons (Fsp3) is 0.333. The number of hydrogen-bond donors (Lipinski definition) is 1. The lowest BCUT2D eigenvalue weighted by atomic mass is 10.2. The van der Waals surface area contributed by atoms with Crippen molar-refractivity contribution in [2.45, 2.75) is 12.8 Å². The minimum Gasteiger partial charge on any atom is -0.352 e. The zero-order valence-electron chi connectivity index (χ0n) is 16.4. The lowest BCUT2D eigenvalue weighted by Crippen LogP contribution is -2.48. The Morgan fingerprint density at radius 1 is 1.10 bits per heavy atom. The molecule has 1 aromatic carbocycles. The summed E-state index contributed by atoms with van der Waals surface area (Å²) in [5, 5.41) is 3.71. The maximum atomic E-state index is 12.9. The highest BCUT2D eigenvalue weighted by Crippen LogP contribution is 2.27. The number of pyridine rings is 1. The van der Waals surface area contributed by atoms with E-state index in [1.165, 1.54) is 24.3 Å². The second kappa shape index (κ2) is 9.17. The number of fused-ring (bicyclic) bond motifs is 1. The molecule has 3 aromatic rings. The molecule has 0 saturated carbocycles. The number of benzene rings is 1. The van der Waals surface area contributed by atoms with Gasteiger partial charge in [0.15, 0.2) is 5.13 Å². The van der Waals surface area contributed by atoms with Gasteiger partial charge in [-0.25, -0.2) is 14.4 Å². The van der Waals surface area contributed by atoms with Crippen LogP contribution in [-0.4, -0.2) is 59.4 Å². The van der Waals surface area contributed by atoms with Crippen molar-refractivity contribution in [2.75, 3.05) is 37.6 Å².